The van der Waals surface area contributed by atoms with Gasteiger partial charge in [0.1, 0.15) is 47.9 Å². The van der Waals surface area contributed by atoms with Gasteiger partial charge in [-0.15, -0.1) is 22.7 Å². The summed E-state index contributed by atoms with van der Waals surface area (Å²) in [5.74, 6) is -1.42. The molecule has 2 heterocycles. The lowest BCUT2D eigenvalue weighted by atomic mass is 9.92. The van der Waals surface area contributed by atoms with E-state index in [0.29, 0.717) is 42.7 Å². The molecule has 2 aromatic heterocycles. The Bertz CT molecular complexity index is 2240. The normalized spacial score (nSPS) is 14.1. The van der Waals surface area contributed by atoms with Gasteiger partial charge in [0.15, 0.2) is 15.7 Å². The fraction of sp³-hybridized carbons (Fsp3) is 0.792. The topological polar surface area (TPSA) is 371 Å². The Labute approximate surface area is 500 Å². The van der Waals surface area contributed by atoms with E-state index in [-0.39, 0.29) is 85.4 Å². The van der Waals surface area contributed by atoms with Crippen LogP contribution in [0.4, 0.5) is 0 Å². The quantitative estimate of drug-likeness (QED) is 0.0116. The zero-order valence-electron chi connectivity index (χ0n) is 49.0. The lowest BCUT2D eigenvalue weighted by Crippen LogP contribution is -2.49. The molecule has 0 radical (unpaired) electrons. The molecule has 2 rings (SSSR count). The molecule has 0 aliphatic rings. The van der Waals surface area contributed by atoms with Gasteiger partial charge in [-0.05, 0) is 61.4 Å². The molecular weight excluding hydrogens is 1210 g/mol. The van der Waals surface area contributed by atoms with Crippen LogP contribution in [0.2, 0.25) is 0 Å². The molecule has 3 N–H and O–H groups in total. The van der Waals surface area contributed by atoms with E-state index < -0.39 is 55.5 Å². The summed E-state index contributed by atoms with van der Waals surface area (Å²) in [6.07, 6.45) is 2.21. The molecule has 0 saturated heterocycles. The minimum Gasteiger partial charge on any atom is -0.588 e. The number of aliphatic hydroxyl groups is 1. The van der Waals surface area contributed by atoms with Crippen molar-refractivity contribution < 1.29 is 76.5 Å². The number of aliphatic hydroxyl groups excluding tert-OH is 1. The highest BCUT2D eigenvalue weighted by molar-refractivity contribution is 8.19. The summed E-state index contributed by atoms with van der Waals surface area (Å²) in [4.78, 5) is 93.5. The second-order valence-corrected chi connectivity index (χ2v) is 25.9. The minimum absolute atomic E-state index is 0.0414. The van der Waals surface area contributed by atoms with Gasteiger partial charge >= 0.3 is 26.9 Å². The second-order valence-electron chi connectivity index (χ2n) is 18.1. The maximum atomic E-state index is 13.6. The standard InChI is InChI=1S/C23H39N5O5S.C21H35N5O4S.C3H8O2.CHCl3.H2O5P2/c1-8-11-28(22(29)20(26-27-24)16(6)9-2)18(15(4)5)12-19(33-14-31-7)21-25-17(13-34-21)23(30)32-10-3;1-7-10-26(20(28)18(24-25-22)14(6)8-2)16(13(4)5)11-17(27)19-23-15(12-31-19)21(29)30-9-3;1-4-3-5-2;2-1(3)4;1-6(2)7(3,4)5/h13,15-16,18-20H,8-12,14H2,1-7H3;12-14,16-18,27H,7-11H2,1-6H3;3H2,1-2H3;1H;(H2,3,4,5)/t16?,18-,19-,20+;14?,16-,17-,18+;;;/m11.../s1. The van der Waals surface area contributed by atoms with Gasteiger partial charge < -0.3 is 48.2 Å². The van der Waals surface area contributed by atoms with Crippen molar-refractivity contribution in [1.29, 1.82) is 0 Å². The van der Waals surface area contributed by atoms with Crippen molar-refractivity contribution in [2.24, 2.45) is 33.9 Å². The number of rotatable bonds is 32. The van der Waals surface area contributed by atoms with Gasteiger partial charge in [-0.3, -0.25) is 19.4 Å². The molecule has 2 aromatic rings. The highest BCUT2D eigenvalue weighted by Gasteiger charge is 2.37. The summed E-state index contributed by atoms with van der Waals surface area (Å²) in [6.45, 7) is 25.2. The predicted molar refractivity (Wildman–Crippen MR) is 312 cm³/mol. The molecule has 466 valence electrons. The van der Waals surface area contributed by atoms with Crippen LogP contribution in [0, 0.1) is 23.7 Å². The van der Waals surface area contributed by atoms with Crippen molar-refractivity contribution in [2.75, 3.05) is 61.2 Å². The number of azide groups is 2. The number of methoxy groups -OCH3 is 3. The first kappa shape index (κ1) is 81.9. The van der Waals surface area contributed by atoms with Crippen LogP contribution in [-0.4, -0.2) is 148 Å². The average molecular weight is 1290 g/mol. The first-order valence-corrected chi connectivity index (χ1v) is 32.5. The molecule has 81 heavy (non-hydrogen) atoms. The van der Waals surface area contributed by atoms with Crippen LogP contribution in [-0.2, 0) is 47.1 Å². The molecule has 0 bridgehead atoms. The van der Waals surface area contributed by atoms with Gasteiger partial charge in [0, 0.05) is 79.9 Å². The second kappa shape index (κ2) is 47.0. The third kappa shape index (κ3) is 33.7. The molecule has 9 atom stereocenters. The minimum atomic E-state index is -4.78. The van der Waals surface area contributed by atoms with E-state index in [1.807, 2.05) is 74.1 Å². The van der Waals surface area contributed by atoms with Crippen LogP contribution >= 0.6 is 72.5 Å². The molecule has 0 aliphatic heterocycles. The monoisotopic (exact) mass is 1290 g/mol. The maximum absolute atomic E-state index is 13.6. The summed E-state index contributed by atoms with van der Waals surface area (Å²) in [5.41, 5.74) is 18.4. The Morgan fingerprint density at radius 3 is 1.37 bits per heavy atom. The van der Waals surface area contributed by atoms with Gasteiger partial charge in [-0.25, -0.2) is 24.1 Å². The van der Waals surface area contributed by atoms with Gasteiger partial charge in [0.05, 0.1) is 13.2 Å². The number of hydrogen-bond donors (Lipinski definition) is 3. The van der Waals surface area contributed by atoms with Gasteiger partial charge in [-0.1, -0.05) is 132 Å². The third-order valence-electron chi connectivity index (χ3n) is 11.4. The number of halogens is 3. The van der Waals surface area contributed by atoms with Gasteiger partial charge in [-0.2, -0.15) is 0 Å². The van der Waals surface area contributed by atoms with Crippen LogP contribution in [0.15, 0.2) is 21.0 Å². The summed E-state index contributed by atoms with van der Waals surface area (Å²) in [6, 6.07) is -2.03. The lowest BCUT2D eigenvalue weighted by molar-refractivity contribution is -0.160. The third-order valence-corrected chi connectivity index (χ3v) is 15.0. The Morgan fingerprint density at radius 1 is 0.716 bits per heavy atom. The van der Waals surface area contributed by atoms with E-state index in [9.17, 15) is 38.3 Å². The van der Waals surface area contributed by atoms with Crippen molar-refractivity contribution in [1.82, 2.24) is 19.8 Å². The number of nitrogens with zero attached hydrogens (tertiary/aromatic N) is 10. The fourth-order valence-corrected chi connectivity index (χ4v) is 8.75. The van der Waals surface area contributed by atoms with Crippen LogP contribution < -0.4 is 4.89 Å². The average Bonchev–Trinajstić information content (AvgIpc) is 4.12. The lowest BCUT2D eigenvalue weighted by Gasteiger charge is -2.38. The van der Waals surface area contributed by atoms with Crippen LogP contribution in [0.1, 0.15) is 165 Å². The smallest absolute Gasteiger partial charge is 0.561 e. The van der Waals surface area contributed by atoms with Crippen molar-refractivity contribution in [3.63, 3.8) is 0 Å². The molecule has 26 nitrogen and oxygen atoms in total. The number of carbonyl (C=O) groups is 4. The molecule has 33 heteroatoms. The number of ether oxygens (including phenoxy) is 6. The van der Waals surface area contributed by atoms with E-state index in [1.54, 1.807) is 43.7 Å². The van der Waals surface area contributed by atoms with Crippen molar-refractivity contribution in [3.05, 3.63) is 53.0 Å². The number of amides is 2. The first-order valence-electron chi connectivity index (χ1n) is 25.9. The van der Waals surface area contributed by atoms with E-state index in [0.717, 1.165) is 19.3 Å². The van der Waals surface area contributed by atoms with Crippen molar-refractivity contribution >= 4 is 96.2 Å². The van der Waals surface area contributed by atoms with Crippen LogP contribution in [0.5, 0.6) is 0 Å². The Morgan fingerprint density at radius 2 is 1.07 bits per heavy atom. The fourth-order valence-electron chi connectivity index (χ4n) is 7.12. The summed E-state index contributed by atoms with van der Waals surface area (Å²) < 4.78 is 48.0. The number of thiazole rings is 2. The Kier molecular flexibility index (Phi) is 47.4. The molecule has 0 spiro atoms. The van der Waals surface area contributed by atoms with E-state index in [4.69, 9.17) is 74.6 Å². The molecule has 2 amide bonds. The SMILES string of the molecule is CCCN(C(=O)[C@@H](N=[N+]=[N-])C(C)CC)[C@H](C[C@@H](O)c1nc(C(=O)OCC)cs1)C(C)C.CCCN(C(=O)[C@@H](N=[N+]=[N-])C(C)CC)[C@H](C[C@@H](OCOC)c1nc(C(=O)OCC)cs1)C(C)C.COCOC.ClC(Cl)Cl.O=[P+]([O-])P(=O)(O)O. The number of alkyl halides is 3. The molecule has 0 saturated carbocycles. The summed E-state index contributed by atoms with van der Waals surface area (Å²) in [5, 5.41) is 22.7. The highest BCUT2D eigenvalue weighted by Crippen LogP contribution is 2.56. The maximum Gasteiger partial charge on any atom is 0.561 e. The van der Waals surface area contributed by atoms with E-state index in [2.05, 4.69) is 39.5 Å². The molecular formula is C48H85Cl3N10O16P2S2. The number of esters is 2. The molecule has 0 aromatic carbocycles. The van der Waals surface area contributed by atoms with E-state index >= 15 is 0 Å². The number of hydrogen-bond acceptors (Lipinski definition) is 20. The van der Waals surface area contributed by atoms with Crippen molar-refractivity contribution in [2.45, 2.75) is 162 Å². The molecule has 0 aliphatic carbocycles. The zero-order valence-corrected chi connectivity index (χ0v) is 54.6. The summed E-state index contributed by atoms with van der Waals surface area (Å²) in [7, 11) is -3.65. The van der Waals surface area contributed by atoms with Crippen LogP contribution in [0.3, 0.4) is 0 Å². The number of carbonyl (C=O) groups excluding carboxylic acids is 4. The van der Waals surface area contributed by atoms with Gasteiger partial charge in [0.25, 0.3) is 0 Å². The Balaban J connectivity index is -0.00000118. The molecule has 3 unspecified atom stereocenters. The van der Waals surface area contributed by atoms with Crippen LogP contribution in [0.25, 0.3) is 20.9 Å². The Hall–Kier alpha value is -3.36. The summed E-state index contributed by atoms with van der Waals surface area (Å²) >= 11 is 16.9. The highest BCUT2D eigenvalue weighted by atomic mass is 35.6. The van der Waals surface area contributed by atoms with Gasteiger partial charge in [0.2, 0.25) is 11.8 Å². The predicted octanol–water partition coefficient (Wildman–Crippen LogP) is 11.5. The number of aromatic nitrogens is 2. The van der Waals surface area contributed by atoms with E-state index in [1.165, 1.54) is 29.8 Å². The molecule has 0 fully saturated rings. The first-order chi connectivity index (χ1) is 38.0. The van der Waals surface area contributed by atoms with Crippen molar-refractivity contribution in [3.8, 4) is 0 Å². The largest absolute Gasteiger partial charge is 0.588 e. The zero-order chi connectivity index (χ0) is 63.0.